The van der Waals surface area contributed by atoms with E-state index in [4.69, 9.17) is 4.74 Å². The number of esters is 1. The Balaban J connectivity index is 1.21. The summed E-state index contributed by atoms with van der Waals surface area (Å²) in [6.07, 6.45) is 8.83. The van der Waals surface area contributed by atoms with Crippen LogP contribution >= 0.6 is 0 Å². The maximum atomic E-state index is 14.3. The number of ether oxygens (including phenoxy) is 1. The van der Waals surface area contributed by atoms with Crippen LogP contribution in [0.2, 0.25) is 12.1 Å². The predicted molar refractivity (Wildman–Crippen MR) is 205 cm³/mol. The second kappa shape index (κ2) is 13.2. The summed E-state index contributed by atoms with van der Waals surface area (Å²) in [5, 5.41) is 18.4. The van der Waals surface area contributed by atoms with Crippen LogP contribution in [0.4, 0.5) is 17.1 Å². The summed E-state index contributed by atoms with van der Waals surface area (Å²) in [7, 11) is -2.31. The first-order valence-corrected chi connectivity index (χ1v) is 21.6. The van der Waals surface area contributed by atoms with Gasteiger partial charge in [0.25, 0.3) is 17.7 Å². The van der Waals surface area contributed by atoms with Gasteiger partial charge in [0.15, 0.2) is 5.60 Å². The van der Waals surface area contributed by atoms with Gasteiger partial charge >= 0.3 is 5.97 Å². The number of aliphatic hydroxyl groups excluding tert-OH is 1. The lowest BCUT2D eigenvalue weighted by Crippen LogP contribution is -2.67. The van der Waals surface area contributed by atoms with Crippen LogP contribution in [0.15, 0.2) is 60.7 Å². The van der Waals surface area contributed by atoms with Crippen LogP contribution < -0.4 is 30.8 Å². The number of imide groups is 1. The van der Waals surface area contributed by atoms with Crippen molar-refractivity contribution in [1.29, 1.82) is 0 Å². The molecular weight excluding hydrogens is 687 g/mol. The zero-order chi connectivity index (χ0) is 36.3. The van der Waals surface area contributed by atoms with Gasteiger partial charge in [-0.1, -0.05) is 31.4 Å². The lowest BCUT2D eigenvalue weighted by atomic mass is 9.78. The van der Waals surface area contributed by atoms with Gasteiger partial charge in [0.2, 0.25) is 0 Å². The van der Waals surface area contributed by atoms with Crippen molar-refractivity contribution in [3.05, 3.63) is 88.5 Å². The van der Waals surface area contributed by atoms with E-state index in [1.54, 1.807) is 6.07 Å². The number of hydrogen-bond acceptors (Lipinski definition) is 9. The molecule has 3 saturated heterocycles. The first kappa shape index (κ1) is 33.9. The molecule has 12 heteroatoms. The Morgan fingerprint density at radius 3 is 1.96 bits per heavy atom. The standard InChI is InChI=1S/C41H45N5O6Si/c47-20-4-13-42-34-26-29-33(25-30(34)39(50)43-14-19-46-37(48)11-12-38(46)49)41(52-40(29)51)31-9-7-27(44-15-5-16-44)23-35(31)53(21-2-1-3-22-53)36-24-28(8-10-32(36)41)45-17-6-18-45/h7-12,23-26,42,47H,1-6,13-22H2,(H,43,50). The molecule has 6 aliphatic rings. The van der Waals surface area contributed by atoms with Crippen molar-refractivity contribution in [2.24, 2.45) is 0 Å². The number of rotatable bonds is 10. The van der Waals surface area contributed by atoms with Crippen molar-refractivity contribution in [2.45, 2.75) is 56.2 Å². The summed E-state index contributed by atoms with van der Waals surface area (Å²) in [6, 6.07) is 19.4. The molecule has 0 aromatic heterocycles. The van der Waals surface area contributed by atoms with Gasteiger partial charge in [0.1, 0.15) is 8.07 Å². The third-order valence-corrected chi connectivity index (χ3v) is 17.7. The average molecular weight is 732 g/mol. The molecule has 0 radical (unpaired) electrons. The average Bonchev–Trinajstić information content (AvgIpc) is 3.60. The SMILES string of the molecule is O=C(NCCN1C(=O)C=CC1=O)c1cc2c(cc1NCCCO)C(=O)OC21c2ccc(N3CCC3)cc2[Si]2(CCCCC2)c2cc(N3CCC3)ccc21. The van der Waals surface area contributed by atoms with E-state index in [1.165, 1.54) is 66.0 Å². The third kappa shape index (κ3) is 5.32. The van der Waals surface area contributed by atoms with Gasteiger partial charge in [0.05, 0.1) is 11.1 Å². The van der Waals surface area contributed by atoms with Crippen molar-refractivity contribution in [3.8, 4) is 0 Å². The maximum absolute atomic E-state index is 14.3. The Hall–Kier alpha value is -4.94. The normalized spacial score (nSPS) is 20.2. The number of carbonyl (C=O) groups is 4. The van der Waals surface area contributed by atoms with Gasteiger partial charge < -0.3 is 30.3 Å². The van der Waals surface area contributed by atoms with Crippen LogP contribution in [0.25, 0.3) is 0 Å². The van der Waals surface area contributed by atoms with Crippen molar-refractivity contribution in [2.75, 3.05) is 67.5 Å². The molecule has 53 heavy (non-hydrogen) atoms. The predicted octanol–water partition coefficient (Wildman–Crippen LogP) is 3.08. The molecule has 6 heterocycles. The Kier molecular flexibility index (Phi) is 8.42. The fourth-order valence-electron chi connectivity index (χ4n) is 9.37. The Morgan fingerprint density at radius 2 is 1.40 bits per heavy atom. The lowest BCUT2D eigenvalue weighted by molar-refractivity contribution is -0.136. The second-order valence-electron chi connectivity index (χ2n) is 15.2. The molecule has 0 aliphatic carbocycles. The number of hydrogen-bond donors (Lipinski definition) is 3. The van der Waals surface area contributed by atoms with E-state index in [0.717, 1.165) is 54.3 Å². The molecule has 3 aromatic carbocycles. The lowest BCUT2D eigenvalue weighted by Gasteiger charge is -2.49. The van der Waals surface area contributed by atoms with E-state index >= 15 is 0 Å². The third-order valence-electron chi connectivity index (χ3n) is 12.4. The molecule has 11 nitrogen and oxygen atoms in total. The first-order chi connectivity index (χ1) is 25.8. The number of nitrogens with one attached hydrogen (secondary N) is 2. The number of carbonyl (C=O) groups excluding carboxylic acids is 4. The van der Waals surface area contributed by atoms with Crippen LogP contribution in [0.3, 0.4) is 0 Å². The molecule has 3 amide bonds. The highest BCUT2D eigenvalue weighted by Gasteiger charge is 2.59. The van der Waals surface area contributed by atoms with Crippen molar-refractivity contribution in [1.82, 2.24) is 10.2 Å². The van der Waals surface area contributed by atoms with Gasteiger partial charge in [-0.15, -0.1) is 0 Å². The summed E-state index contributed by atoms with van der Waals surface area (Å²) in [5.74, 6) is -1.66. The number of fused-ring (bicyclic) bond motifs is 8. The van der Waals surface area contributed by atoms with Gasteiger partial charge in [-0.3, -0.25) is 19.3 Å². The smallest absolute Gasteiger partial charge is 0.340 e. The van der Waals surface area contributed by atoms with Crippen molar-refractivity contribution in [3.63, 3.8) is 0 Å². The largest absolute Gasteiger partial charge is 0.441 e. The second-order valence-corrected chi connectivity index (χ2v) is 19.5. The molecule has 0 bridgehead atoms. The van der Waals surface area contributed by atoms with Crippen molar-refractivity contribution >= 4 is 59.2 Å². The molecule has 9 rings (SSSR count). The van der Waals surface area contributed by atoms with Crippen LogP contribution in [-0.2, 0) is 19.9 Å². The molecule has 3 fully saturated rings. The summed E-state index contributed by atoms with van der Waals surface area (Å²) in [4.78, 5) is 58.6. The van der Waals surface area contributed by atoms with Gasteiger partial charge in [-0.25, -0.2) is 4.79 Å². The molecule has 0 unspecified atom stereocenters. The minimum atomic E-state index is -2.31. The van der Waals surface area contributed by atoms with E-state index in [0.29, 0.717) is 35.3 Å². The van der Waals surface area contributed by atoms with E-state index < -0.39 is 37.4 Å². The van der Waals surface area contributed by atoms with Crippen LogP contribution in [0, 0.1) is 0 Å². The minimum absolute atomic E-state index is 0.0331. The van der Waals surface area contributed by atoms with Crippen molar-refractivity contribution < 1.29 is 29.0 Å². The monoisotopic (exact) mass is 731 g/mol. The highest BCUT2D eigenvalue weighted by Crippen LogP contribution is 2.52. The quantitative estimate of drug-likeness (QED) is 0.125. The number of nitrogens with zero attached hydrogens (tertiary/aromatic N) is 3. The van der Waals surface area contributed by atoms with E-state index in [9.17, 15) is 24.3 Å². The molecule has 3 N–H and O–H groups in total. The summed E-state index contributed by atoms with van der Waals surface area (Å²) in [6.45, 7) is 4.59. The van der Waals surface area contributed by atoms with Crippen LogP contribution in [-0.4, -0.2) is 94.2 Å². The Labute approximate surface area is 310 Å². The highest BCUT2D eigenvalue weighted by molar-refractivity contribution is 7.03. The van der Waals surface area contributed by atoms with E-state index in [1.807, 2.05) is 6.07 Å². The van der Waals surface area contributed by atoms with E-state index in [-0.39, 0.29) is 19.7 Å². The Bertz CT molecular complexity index is 1980. The number of benzene rings is 3. The van der Waals surface area contributed by atoms with Gasteiger partial charge in [-0.2, -0.15) is 0 Å². The number of anilines is 3. The molecule has 3 aromatic rings. The highest BCUT2D eigenvalue weighted by atomic mass is 28.3. The zero-order valence-electron chi connectivity index (χ0n) is 29.9. The summed E-state index contributed by atoms with van der Waals surface area (Å²) < 4.78 is 6.78. The number of aliphatic hydroxyl groups is 1. The van der Waals surface area contributed by atoms with E-state index in [2.05, 4.69) is 56.8 Å². The van der Waals surface area contributed by atoms with Crippen LogP contribution in [0.5, 0.6) is 0 Å². The first-order valence-electron chi connectivity index (χ1n) is 19.2. The molecule has 6 aliphatic heterocycles. The minimum Gasteiger partial charge on any atom is -0.441 e. The molecule has 2 spiro atoms. The van der Waals surface area contributed by atoms with Gasteiger partial charge in [-0.05, 0) is 78.1 Å². The molecule has 274 valence electrons. The van der Waals surface area contributed by atoms with Crippen LogP contribution in [0.1, 0.15) is 75.9 Å². The topological polar surface area (TPSA) is 132 Å². The molecule has 0 atom stereocenters. The molecule has 0 saturated carbocycles. The summed E-state index contributed by atoms with van der Waals surface area (Å²) >= 11 is 0. The number of amides is 3. The zero-order valence-corrected chi connectivity index (χ0v) is 30.9. The fourth-order valence-corrected chi connectivity index (χ4v) is 15.1. The molecular formula is C41H45N5O6Si. The Morgan fingerprint density at radius 1 is 0.774 bits per heavy atom. The van der Waals surface area contributed by atoms with Gasteiger partial charge in [0, 0.05) is 98.3 Å². The maximum Gasteiger partial charge on any atom is 0.340 e. The fraction of sp³-hybridized carbons (Fsp3) is 0.415. The summed E-state index contributed by atoms with van der Waals surface area (Å²) in [5.41, 5.74) is 5.06.